The Bertz CT molecular complexity index is 582. The van der Waals surface area contributed by atoms with Crippen LogP contribution in [-0.2, 0) is 14.1 Å². The molecule has 0 aliphatic rings. The number of unbranched alkanes of at least 4 members (excludes halogenated alkanes) is 3. The van der Waals surface area contributed by atoms with Crippen molar-refractivity contribution in [2.75, 3.05) is 0 Å². The molecule has 1 rings (SSSR count). The number of hydrogen-bond donors (Lipinski definition) is 0. The second kappa shape index (κ2) is 9.70. The SMILES string of the molecule is CCC[CH2][Sn]([CH2]CCC)([CH2]CCC)[c]1cn(C)c(=O)n(C)c1=O. The van der Waals surface area contributed by atoms with Gasteiger partial charge in [-0.1, -0.05) is 0 Å². The van der Waals surface area contributed by atoms with E-state index in [9.17, 15) is 9.59 Å². The Labute approximate surface area is 144 Å². The predicted octanol–water partition coefficient (Wildman–Crippen LogP) is 3.14. The molecule has 0 bridgehead atoms. The molecule has 0 spiro atoms. The van der Waals surface area contributed by atoms with Gasteiger partial charge in [0, 0.05) is 0 Å². The topological polar surface area (TPSA) is 44.0 Å². The van der Waals surface area contributed by atoms with Crippen LogP contribution in [-0.4, -0.2) is 27.5 Å². The van der Waals surface area contributed by atoms with E-state index < -0.39 is 18.4 Å². The molecule has 1 aromatic rings. The van der Waals surface area contributed by atoms with Crippen LogP contribution in [0.15, 0.2) is 15.8 Å². The Morgan fingerprint density at radius 3 is 1.70 bits per heavy atom. The van der Waals surface area contributed by atoms with Crippen LogP contribution in [0.4, 0.5) is 0 Å². The first kappa shape index (κ1) is 20.5. The van der Waals surface area contributed by atoms with Gasteiger partial charge in [0.2, 0.25) is 0 Å². The van der Waals surface area contributed by atoms with Gasteiger partial charge in [0.15, 0.2) is 0 Å². The van der Waals surface area contributed by atoms with Crippen molar-refractivity contribution >= 4 is 22.0 Å². The molecule has 0 saturated carbocycles. The van der Waals surface area contributed by atoms with Crippen molar-refractivity contribution < 1.29 is 0 Å². The van der Waals surface area contributed by atoms with Crippen LogP contribution in [0.3, 0.4) is 0 Å². The van der Waals surface area contributed by atoms with Crippen molar-refractivity contribution in [2.45, 2.75) is 72.6 Å². The number of rotatable bonds is 10. The summed E-state index contributed by atoms with van der Waals surface area (Å²) in [4.78, 5) is 24.9. The monoisotopic (exact) mass is 430 g/mol. The van der Waals surface area contributed by atoms with Gasteiger partial charge in [-0.15, -0.1) is 0 Å². The maximum atomic E-state index is 12.9. The molecule has 0 aliphatic heterocycles. The van der Waals surface area contributed by atoms with Crippen LogP contribution in [0.5, 0.6) is 0 Å². The second-order valence-electron chi connectivity index (χ2n) is 6.89. The van der Waals surface area contributed by atoms with Crippen LogP contribution in [0.25, 0.3) is 0 Å². The average molecular weight is 429 g/mol. The van der Waals surface area contributed by atoms with Gasteiger partial charge in [0.25, 0.3) is 0 Å². The van der Waals surface area contributed by atoms with Crippen LogP contribution in [0.1, 0.15) is 59.3 Å². The first-order valence-corrected chi connectivity index (χ1v) is 16.7. The van der Waals surface area contributed by atoms with Crippen molar-refractivity contribution in [3.63, 3.8) is 0 Å². The summed E-state index contributed by atoms with van der Waals surface area (Å²) in [7, 11) is 3.41. The predicted molar refractivity (Wildman–Crippen MR) is 101 cm³/mol. The van der Waals surface area contributed by atoms with Crippen molar-refractivity contribution in [3.05, 3.63) is 27.0 Å². The molecule has 0 aromatic carbocycles. The van der Waals surface area contributed by atoms with Crippen molar-refractivity contribution in [3.8, 4) is 0 Å². The minimum absolute atomic E-state index is 0.00721. The first-order valence-electron chi connectivity index (χ1n) is 9.20. The van der Waals surface area contributed by atoms with Gasteiger partial charge < -0.3 is 0 Å². The van der Waals surface area contributed by atoms with E-state index in [4.69, 9.17) is 0 Å². The molecule has 0 amide bonds. The number of hydrogen-bond acceptors (Lipinski definition) is 2. The van der Waals surface area contributed by atoms with Gasteiger partial charge in [-0.3, -0.25) is 0 Å². The first-order chi connectivity index (χ1) is 10.9. The van der Waals surface area contributed by atoms with Gasteiger partial charge in [-0.2, -0.15) is 0 Å². The molecule has 0 unspecified atom stereocenters. The zero-order valence-corrected chi connectivity index (χ0v) is 18.5. The quantitative estimate of drug-likeness (QED) is 0.537. The normalized spacial score (nSPS) is 11.9. The van der Waals surface area contributed by atoms with Crippen LogP contribution >= 0.6 is 0 Å². The van der Waals surface area contributed by atoms with Gasteiger partial charge in [-0.05, 0) is 0 Å². The fraction of sp³-hybridized carbons (Fsp3) is 0.778. The third-order valence-corrected chi connectivity index (χ3v) is 20.5. The third kappa shape index (κ3) is 4.97. The molecular formula is C18H34N2O2Sn. The summed E-state index contributed by atoms with van der Waals surface area (Å²) >= 11 is -2.77. The van der Waals surface area contributed by atoms with Gasteiger partial charge in [0.05, 0.1) is 0 Å². The van der Waals surface area contributed by atoms with E-state index in [0.717, 1.165) is 3.58 Å². The van der Waals surface area contributed by atoms with Crippen molar-refractivity contribution in [1.29, 1.82) is 0 Å². The fourth-order valence-corrected chi connectivity index (χ4v) is 19.9. The molecule has 132 valence electrons. The van der Waals surface area contributed by atoms with Gasteiger partial charge >= 0.3 is 145 Å². The molecule has 0 radical (unpaired) electrons. The summed E-state index contributed by atoms with van der Waals surface area (Å²) in [6.07, 6.45) is 9.11. The molecule has 0 saturated heterocycles. The number of aryl methyl sites for hydroxylation is 1. The zero-order valence-electron chi connectivity index (χ0n) is 15.7. The van der Waals surface area contributed by atoms with E-state index in [1.807, 2.05) is 6.20 Å². The fourth-order valence-electron chi connectivity index (χ4n) is 3.50. The molecule has 1 heterocycles. The molecule has 5 heteroatoms. The van der Waals surface area contributed by atoms with Crippen molar-refractivity contribution in [2.24, 2.45) is 14.1 Å². The Morgan fingerprint density at radius 1 is 0.870 bits per heavy atom. The van der Waals surface area contributed by atoms with Gasteiger partial charge in [0.1, 0.15) is 0 Å². The molecule has 0 aliphatic carbocycles. The molecule has 0 atom stereocenters. The van der Waals surface area contributed by atoms with Gasteiger partial charge in [-0.25, -0.2) is 0 Å². The number of nitrogens with zero attached hydrogens (tertiary/aromatic N) is 2. The van der Waals surface area contributed by atoms with E-state index in [1.54, 1.807) is 18.7 Å². The molecule has 0 fully saturated rings. The average Bonchev–Trinajstić information content (AvgIpc) is 2.56. The standard InChI is InChI=1S/C6H7N2O2.3C4H9.Sn/c1-7-4-3-5(9)8(2)6(7)10;3*1-3-4-2;/h4H,1-2H3;3*1,3-4H2,2H3;. The third-order valence-electron chi connectivity index (χ3n) is 5.04. The maximum absolute atomic E-state index is 12.9. The van der Waals surface area contributed by atoms with E-state index in [0.29, 0.717) is 0 Å². The molecule has 4 nitrogen and oxygen atoms in total. The van der Waals surface area contributed by atoms with Crippen LogP contribution < -0.4 is 14.8 Å². The Morgan fingerprint density at radius 2 is 1.30 bits per heavy atom. The number of aromatic nitrogens is 2. The molecule has 23 heavy (non-hydrogen) atoms. The summed E-state index contributed by atoms with van der Waals surface area (Å²) in [5.41, 5.74) is -0.215. The summed E-state index contributed by atoms with van der Waals surface area (Å²) in [6.45, 7) is 6.69. The van der Waals surface area contributed by atoms with Crippen molar-refractivity contribution in [1.82, 2.24) is 9.13 Å². The van der Waals surface area contributed by atoms with Crippen LogP contribution in [0.2, 0.25) is 13.3 Å². The second-order valence-corrected chi connectivity index (χ2v) is 20.0. The molecular weight excluding hydrogens is 395 g/mol. The Kier molecular flexibility index (Phi) is 8.65. The minimum atomic E-state index is -2.77. The Balaban J connectivity index is 3.46. The summed E-state index contributed by atoms with van der Waals surface area (Å²) in [5, 5.41) is 0. The van der Waals surface area contributed by atoms with E-state index in [-0.39, 0.29) is 11.2 Å². The Hall–Kier alpha value is -0.521. The van der Waals surface area contributed by atoms with E-state index in [2.05, 4.69) is 20.8 Å². The van der Waals surface area contributed by atoms with E-state index >= 15 is 0 Å². The molecule has 0 N–H and O–H groups in total. The zero-order chi connectivity index (χ0) is 17.5. The molecule has 1 aromatic heterocycles. The summed E-state index contributed by atoms with van der Waals surface area (Å²) < 4.78 is 7.74. The summed E-state index contributed by atoms with van der Waals surface area (Å²) in [6, 6.07) is 0. The van der Waals surface area contributed by atoms with Crippen LogP contribution in [0, 0.1) is 0 Å². The summed E-state index contributed by atoms with van der Waals surface area (Å²) in [5.74, 6) is 0. The van der Waals surface area contributed by atoms with E-state index in [1.165, 1.54) is 56.4 Å².